The lowest BCUT2D eigenvalue weighted by Gasteiger charge is -2.11. The Hall–Kier alpha value is -2.10. The second-order valence-electron chi connectivity index (χ2n) is 5.07. The van der Waals surface area contributed by atoms with E-state index >= 15 is 0 Å². The number of hydrogen-bond acceptors (Lipinski definition) is 4. The van der Waals surface area contributed by atoms with Gasteiger partial charge in [-0.2, -0.15) is 0 Å². The molecule has 4 nitrogen and oxygen atoms in total. The van der Waals surface area contributed by atoms with E-state index in [2.05, 4.69) is 9.97 Å². The van der Waals surface area contributed by atoms with E-state index in [1.54, 1.807) is 18.2 Å². The van der Waals surface area contributed by atoms with Gasteiger partial charge < -0.3 is 10.8 Å². The number of hydrogen-bond donors (Lipinski definition) is 2. The van der Waals surface area contributed by atoms with Crippen molar-refractivity contribution in [1.82, 2.24) is 9.97 Å². The first kappa shape index (κ1) is 12.0. The van der Waals surface area contributed by atoms with Crippen LogP contribution in [-0.2, 0) is 0 Å². The van der Waals surface area contributed by atoms with Gasteiger partial charge in [0.05, 0.1) is 0 Å². The van der Waals surface area contributed by atoms with Crippen LogP contribution < -0.4 is 5.73 Å². The zero-order valence-electron chi connectivity index (χ0n) is 10.7. The SMILES string of the molecule is Nc1cc(C2CCCC2)nc(-c2cccc(O)c2)n1. The highest BCUT2D eigenvalue weighted by Gasteiger charge is 2.19. The number of anilines is 1. The third kappa shape index (κ3) is 2.52. The van der Waals surface area contributed by atoms with Crippen molar-refractivity contribution in [3.63, 3.8) is 0 Å². The fourth-order valence-corrected chi connectivity index (χ4v) is 2.69. The Morgan fingerprint density at radius 2 is 1.89 bits per heavy atom. The van der Waals surface area contributed by atoms with Gasteiger partial charge in [0.25, 0.3) is 0 Å². The molecule has 0 spiro atoms. The Balaban J connectivity index is 2.01. The molecule has 0 amide bonds. The quantitative estimate of drug-likeness (QED) is 0.865. The maximum Gasteiger partial charge on any atom is 0.161 e. The second-order valence-corrected chi connectivity index (χ2v) is 5.07. The summed E-state index contributed by atoms with van der Waals surface area (Å²) < 4.78 is 0. The molecule has 1 saturated carbocycles. The van der Waals surface area contributed by atoms with Crippen LogP contribution in [-0.4, -0.2) is 15.1 Å². The van der Waals surface area contributed by atoms with Crippen LogP contribution in [0.25, 0.3) is 11.4 Å². The molecule has 1 heterocycles. The van der Waals surface area contributed by atoms with Gasteiger partial charge in [0.15, 0.2) is 5.82 Å². The minimum atomic E-state index is 0.214. The molecule has 3 N–H and O–H groups in total. The van der Waals surface area contributed by atoms with Gasteiger partial charge in [-0.25, -0.2) is 9.97 Å². The zero-order chi connectivity index (χ0) is 13.2. The zero-order valence-corrected chi connectivity index (χ0v) is 10.7. The summed E-state index contributed by atoms with van der Waals surface area (Å²) >= 11 is 0. The van der Waals surface area contributed by atoms with Crippen molar-refractivity contribution in [2.45, 2.75) is 31.6 Å². The Morgan fingerprint density at radius 1 is 1.11 bits per heavy atom. The lowest BCUT2D eigenvalue weighted by atomic mass is 10.0. The Morgan fingerprint density at radius 3 is 2.63 bits per heavy atom. The summed E-state index contributed by atoms with van der Waals surface area (Å²) in [7, 11) is 0. The average Bonchev–Trinajstić information content (AvgIpc) is 2.92. The largest absolute Gasteiger partial charge is 0.508 e. The molecular weight excluding hydrogens is 238 g/mol. The molecular formula is C15H17N3O. The van der Waals surface area contributed by atoms with E-state index in [0.717, 1.165) is 11.3 Å². The van der Waals surface area contributed by atoms with Gasteiger partial charge in [-0.15, -0.1) is 0 Å². The summed E-state index contributed by atoms with van der Waals surface area (Å²) in [6.07, 6.45) is 4.87. The second kappa shape index (κ2) is 4.88. The molecule has 0 unspecified atom stereocenters. The first-order valence-electron chi connectivity index (χ1n) is 6.66. The van der Waals surface area contributed by atoms with Gasteiger partial charge >= 0.3 is 0 Å². The summed E-state index contributed by atoms with van der Waals surface area (Å²) in [5.74, 6) is 1.81. The standard InChI is InChI=1S/C15H17N3O/c16-14-9-13(10-4-1-2-5-10)17-15(18-14)11-6-3-7-12(19)8-11/h3,6-10,19H,1-2,4-5H2,(H2,16,17,18). The van der Waals surface area contributed by atoms with Crippen molar-refractivity contribution >= 4 is 5.82 Å². The van der Waals surface area contributed by atoms with Gasteiger partial charge in [-0.3, -0.25) is 0 Å². The number of aromatic hydroxyl groups is 1. The molecule has 0 radical (unpaired) electrons. The number of phenolic OH excluding ortho intramolecular Hbond substituents is 1. The fourth-order valence-electron chi connectivity index (χ4n) is 2.69. The smallest absolute Gasteiger partial charge is 0.161 e. The topological polar surface area (TPSA) is 72.0 Å². The summed E-state index contributed by atoms with van der Waals surface area (Å²) in [5.41, 5.74) is 7.72. The van der Waals surface area contributed by atoms with Crippen LogP contribution in [0, 0.1) is 0 Å². The minimum absolute atomic E-state index is 0.214. The van der Waals surface area contributed by atoms with Crippen LogP contribution >= 0.6 is 0 Å². The Bertz CT molecular complexity index is 592. The van der Waals surface area contributed by atoms with Gasteiger partial charge in [-0.1, -0.05) is 25.0 Å². The molecule has 2 aromatic rings. The molecule has 1 aromatic heterocycles. The summed E-state index contributed by atoms with van der Waals surface area (Å²) in [5, 5.41) is 9.54. The highest BCUT2D eigenvalue weighted by Crippen LogP contribution is 2.34. The molecule has 4 heteroatoms. The van der Waals surface area contributed by atoms with Crippen LogP contribution in [0.4, 0.5) is 5.82 Å². The third-order valence-electron chi connectivity index (χ3n) is 3.64. The summed E-state index contributed by atoms with van der Waals surface area (Å²) in [6, 6.07) is 8.84. The number of nitrogen functional groups attached to an aromatic ring is 1. The fraction of sp³-hybridized carbons (Fsp3) is 0.333. The number of nitrogens with zero attached hydrogens (tertiary/aromatic N) is 2. The molecule has 1 aromatic carbocycles. The van der Waals surface area contributed by atoms with E-state index in [1.165, 1.54) is 25.7 Å². The Labute approximate surface area is 112 Å². The first-order valence-corrected chi connectivity index (χ1v) is 6.66. The maximum atomic E-state index is 9.54. The number of nitrogens with two attached hydrogens (primary N) is 1. The van der Waals surface area contributed by atoms with Crippen molar-refractivity contribution in [3.05, 3.63) is 36.0 Å². The van der Waals surface area contributed by atoms with E-state index in [4.69, 9.17) is 5.73 Å². The molecule has 19 heavy (non-hydrogen) atoms. The van der Waals surface area contributed by atoms with E-state index in [1.807, 2.05) is 12.1 Å². The van der Waals surface area contributed by atoms with Crippen LogP contribution in [0.15, 0.2) is 30.3 Å². The highest BCUT2D eigenvalue weighted by atomic mass is 16.3. The first-order chi connectivity index (χ1) is 9.22. The van der Waals surface area contributed by atoms with Crippen LogP contribution in [0.5, 0.6) is 5.75 Å². The van der Waals surface area contributed by atoms with E-state index in [0.29, 0.717) is 17.6 Å². The van der Waals surface area contributed by atoms with Crippen molar-refractivity contribution < 1.29 is 5.11 Å². The van der Waals surface area contributed by atoms with Crippen molar-refractivity contribution in [3.8, 4) is 17.1 Å². The normalized spacial score (nSPS) is 15.8. The van der Waals surface area contributed by atoms with Crippen LogP contribution in [0.3, 0.4) is 0 Å². The van der Waals surface area contributed by atoms with Gasteiger partial charge in [0.1, 0.15) is 11.6 Å². The molecule has 0 bridgehead atoms. The van der Waals surface area contributed by atoms with Crippen molar-refractivity contribution in [2.75, 3.05) is 5.73 Å². The van der Waals surface area contributed by atoms with Crippen molar-refractivity contribution in [2.24, 2.45) is 0 Å². The number of phenols is 1. The highest BCUT2D eigenvalue weighted by molar-refractivity contribution is 5.59. The lowest BCUT2D eigenvalue weighted by Crippen LogP contribution is -2.03. The maximum absolute atomic E-state index is 9.54. The third-order valence-corrected chi connectivity index (χ3v) is 3.64. The van der Waals surface area contributed by atoms with Crippen LogP contribution in [0.1, 0.15) is 37.3 Å². The molecule has 98 valence electrons. The summed E-state index contributed by atoms with van der Waals surface area (Å²) in [4.78, 5) is 8.90. The molecule has 1 aliphatic rings. The van der Waals surface area contributed by atoms with E-state index in [9.17, 15) is 5.11 Å². The van der Waals surface area contributed by atoms with Gasteiger partial charge in [0.2, 0.25) is 0 Å². The molecule has 0 saturated heterocycles. The number of aromatic nitrogens is 2. The number of rotatable bonds is 2. The summed E-state index contributed by atoms with van der Waals surface area (Å²) in [6.45, 7) is 0. The van der Waals surface area contributed by atoms with E-state index in [-0.39, 0.29) is 5.75 Å². The van der Waals surface area contributed by atoms with Gasteiger partial charge in [0, 0.05) is 23.2 Å². The minimum Gasteiger partial charge on any atom is -0.508 e. The Kier molecular flexibility index (Phi) is 3.07. The van der Waals surface area contributed by atoms with Gasteiger partial charge in [-0.05, 0) is 25.0 Å². The van der Waals surface area contributed by atoms with Crippen molar-refractivity contribution in [1.29, 1.82) is 0 Å². The van der Waals surface area contributed by atoms with Crippen LogP contribution in [0.2, 0.25) is 0 Å². The molecule has 0 aliphatic heterocycles. The predicted octanol–water partition coefficient (Wildman–Crippen LogP) is 3.09. The lowest BCUT2D eigenvalue weighted by molar-refractivity contribution is 0.475. The average molecular weight is 255 g/mol. The molecule has 1 aliphatic carbocycles. The number of benzene rings is 1. The molecule has 3 rings (SSSR count). The monoisotopic (exact) mass is 255 g/mol. The molecule has 1 fully saturated rings. The molecule has 0 atom stereocenters. The predicted molar refractivity (Wildman–Crippen MR) is 74.8 cm³/mol. The van der Waals surface area contributed by atoms with E-state index < -0.39 is 0 Å².